The summed E-state index contributed by atoms with van der Waals surface area (Å²) >= 11 is 0. The zero-order valence-corrected chi connectivity index (χ0v) is 12.2. The van der Waals surface area contributed by atoms with Crippen LogP contribution in [0.5, 0.6) is 0 Å². The summed E-state index contributed by atoms with van der Waals surface area (Å²) in [4.78, 5) is 0. The molecule has 110 valence electrons. The highest BCUT2D eigenvalue weighted by Crippen LogP contribution is 2.40. The van der Waals surface area contributed by atoms with E-state index in [1.54, 1.807) is 0 Å². The first-order valence-corrected chi connectivity index (χ1v) is 6.85. The molecule has 1 saturated carbocycles. The van der Waals surface area contributed by atoms with Crippen molar-refractivity contribution in [3.63, 3.8) is 0 Å². The molecule has 2 unspecified atom stereocenters. The minimum atomic E-state index is -0.218. The Kier molecular flexibility index (Phi) is 4.01. The van der Waals surface area contributed by atoms with Gasteiger partial charge in [0.2, 0.25) is 0 Å². The molecule has 1 fully saturated rings. The molecule has 5 heteroatoms. The van der Waals surface area contributed by atoms with Crippen LogP contribution in [0.3, 0.4) is 0 Å². The van der Waals surface area contributed by atoms with Crippen molar-refractivity contribution < 1.29 is 10.3 Å². The van der Waals surface area contributed by atoms with Crippen molar-refractivity contribution in [3.8, 4) is 0 Å². The molecule has 20 heavy (non-hydrogen) atoms. The van der Waals surface area contributed by atoms with Crippen molar-refractivity contribution in [1.82, 2.24) is 5.32 Å². The number of nitrogens with two attached hydrogens (primary N) is 1. The lowest BCUT2D eigenvalue weighted by atomic mass is 9.64. The molecule has 2 atom stereocenters. The smallest absolute Gasteiger partial charge is 0.170 e. The van der Waals surface area contributed by atoms with E-state index < -0.39 is 0 Å². The van der Waals surface area contributed by atoms with E-state index >= 15 is 0 Å². The molecule has 0 bridgehead atoms. The molecule has 1 aromatic rings. The number of nitrogens with one attached hydrogen (secondary N) is 1. The van der Waals surface area contributed by atoms with Crippen LogP contribution >= 0.6 is 0 Å². The van der Waals surface area contributed by atoms with Gasteiger partial charge >= 0.3 is 0 Å². The van der Waals surface area contributed by atoms with Gasteiger partial charge < -0.3 is 21.4 Å². The Morgan fingerprint density at radius 2 is 2.20 bits per heavy atom. The van der Waals surface area contributed by atoms with Gasteiger partial charge in [0.1, 0.15) is 0 Å². The van der Waals surface area contributed by atoms with Gasteiger partial charge in [0.25, 0.3) is 0 Å². The van der Waals surface area contributed by atoms with Crippen LogP contribution in [-0.4, -0.2) is 28.3 Å². The maximum absolute atomic E-state index is 9.73. The van der Waals surface area contributed by atoms with Gasteiger partial charge in [-0.15, -0.1) is 0 Å². The van der Waals surface area contributed by atoms with E-state index in [4.69, 9.17) is 10.9 Å². The molecule has 0 spiro atoms. The highest BCUT2D eigenvalue weighted by molar-refractivity contribution is 5.97. The first-order chi connectivity index (χ1) is 9.36. The minimum Gasteiger partial charge on any atom is -0.409 e. The van der Waals surface area contributed by atoms with Gasteiger partial charge in [0.05, 0.1) is 6.10 Å². The second-order valence-corrected chi connectivity index (χ2v) is 6.13. The van der Waals surface area contributed by atoms with Gasteiger partial charge in [-0.05, 0) is 30.5 Å². The van der Waals surface area contributed by atoms with Crippen LogP contribution in [-0.2, 0) is 6.54 Å². The van der Waals surface area contributed by atoms with Crippen LogP contribution in [0, 0.1) is 12.3 Å². The second-order valence-electron chi connectivity index (χ2n) is 6.13. The molecule has 1 aliphatic rings. The van der Waals surface area contributed by atoms with E-state index in [9.17, 15) is 5.11 Å². The molecule has 0 aliphatic heterocycles. The molecule has 0 heterocycles. The van der Waals surface area contributed by atoms with Crippen molar-refractivity contribution >= 4 is 5.84 Å². The molecule has 0 saturated heterocycles. The highest BCUT2D eigenvalue weighted by atomic mass is 16.4. The number of oxime groups is 1. The summed E-state index contributed by atoms with van der Waals surface area (Å²) in [7, 11) is 0. The monoisotopic (exact) mass is 277 g/mol. The van der Waals surface area contributed by atoms with Gasteiger partial charge in [-0.2, -0.15) is 0 Å². The molecule has 5 nitrogen and oxygen atoms in total. The van der Waals surface area contributed by atoms with Gasteiger partial charge in [0, 0.05) is 23.6 Å². The van der Waals surface area contributed by atoms with E-state index in [0.29, 0.717) is 11.6 Å². The van der Waals surface area contributed by atoms with E-state index in [0.717, 1.165) is 18.5 Å². The standard InChI is InChI=1S/C15H23N3O2/c1-9-6-10(14(16)18-20)4-5-11(9)8-17-12-7-13(19)15(12,2)3/h4-6,12-13,17,19-20H,7-8H2,1-3H3,(H2,16,18). The molecular weight excluding hydrogens is 254 g/mol. The predicted octanol–water partition coefficient (Wildman–Crippen LogP) is 1.34. The van der Waals surface area contributed by atoms with Crippen LogP contribution in [0.2, 0.25) is 0 Å². The van der Waals surface area contributed by atoms with Gasteiger partial charge in [-0.3, -0.25) is 0 Å². The lowest BCUT2D eigenvalue weighted by Gasteiger charge is -2.49. The highest BCUT2D eigenvalue weighted by Gasteiger charge is 2.46. The number of hydrogen-bond donors (Lipinski definition) is 4. The Morgan fingerprint density at radius 3 is 2.70 bits per heavy atom. The maximum Gasteiger partial charge on any atom is 0.170 e. The van der Waals surface area contributed by atoms with Crippen molar-refractivity contribution in [3.05, 3.63) is 34.9 Å². The summed E-state index contributed by atoms with van der Waals surface area (Å²) < 4.78 is 0. The average Bonchev–Trinajstić information content (AvgIpc) is 2.43. The Labute approximate surface area is 119 Å². The number of aryl methyl sites for hydroxylation is 1. The lowest BCUT2D eigenvalue weighted by molar-refractivity contribution is -0.0729. The number of aliphatic hydroxyl groups is 1. The van der Waals surface area contributed by atoms with E-state index in [2.05, 4.69) is 24.3 Å². The Balaban J connectivity index is 2.01. The van der Waals surface area contributed by atoms with Crippen LogP contribution in [0.4, 0.5) is 0 Å². The van der Waals surface area contributed by atoms with Crippen molar-refractivity contribution in [1.29, 1.82) is 0 Å². The number of benzene rings is 1. The zero-order valence-electron chi connectivity index (χ0n) is 12.2. The molecule has 2 rings (SSSR count). The van der Waals surface area contributed by atoms with Crippen LogP contribution in [0.15, 0.2) is 23.4 Å². The fraction of sp³-hybridized carbons (Fsp3) is 0.533. The first-order valence-electron chi connectivity index (χ1n) is 6.85. The SMILES string of the molecule is Cc1cc(/C(N)=N/O)ccc1CNC1CC(O)C1(C)C. The molecule has 0 aromatic heterocycles. The average molecular weight is 277 g/mol. The molecular formula is C15H23N3O2. The van der Waals surface area contributed by atoms with Crippen LogP contribution < -0.4 is 11.1 Å². The largest absolute Gasteiger partial charge is 0.409 e. The molecule has 1 aliphatic carbocycles. The molecule has 0 amide bonds. The Bertz CT molecular complexity index is 526. The first kappa shape index (κ1) is 14.8. The molecule has 0 radical (unpaired) electrons. The fourth-order valence-corrected chi connectivity index (χ4v) is 2.59. The third-order valence-corrected chi connectivity index (χ3v) is 4.50. The summed E-state index contributed by atoms with van der Waals surface area (Å²) in [5.41, 5.74) is 8.50. The van der Waals surface area contributed by atoms with Crippen molar-refractivity contribution in [2.45, 2.75) is 45.9 Å². The van der Waals surface area contributed by atoms with Gasteiger partial charge in [-0.1, -0.05) is 31.1 Å². The summed E-state index contributed by atoms with van der Waals surface area (Å²) in [6, 6.07) is 6.07. The van der Waals surface area contributed by atoms with Gasteiger partial charge in [0.15, 0.2) is 5.84 Å². The Morgan fingerprint density at radius 1 is 1.50 bits per heavy atom. The van der Waals surface area contributed by atoms with Crippen molar-refractivity contribution in [2.24, 2.45) is 16.3 Å². The summed E-state index contributed by atoms with van der Waals surface area (Å²) in [5, 5.41) is 24.9. The topological polar surface area (TPSA) is 90.9 Å². The van der Waals surface area contributed by atoms with E-state index in [-0.39, 0.29) is 17.4 Å². The predicted molar refractivity (Wildman–Crippen MR) is 78.7 cm³/mol. The maximum atomic E-state index is 9.73. The minimum absolute atomic E-state index is 0.0676. The summed E-state index contributed by atoms with van der Waals surface area (Å²) in [6.45, 7) is 6.91. The second kappa shape index (κ2) is 5.42. The quantitative estimate of drug-likeness (QED) is 0.289. The van der Waals surface area contributed by atoms with Gasteiger partial charge in [-0.25, -0.2) is 0 Å². The zero-order chi connectivity index (χ0) is 14.9. The summed E-state index contributed by atoms with van der Waals surface area (Å²) in [6.07, 6.45) is 0.581. The van der Waals surface area contributed by atoms with E-state index in [1.807, 2.05) is 25.1 Å². The number of aliphatic hydroxyl groups excluding tert-OH is 1. The number of hydrogen-bond acceptors (Lipinski definition) is 4. The van der Waals surface area contributed by atoms with Crippen LogP contribution in [0.25, 0.3) is 0 Å². The third-order valence-electron chi connectivity index (χ3n) is 4.50. The molecule has 5 N–H and O–H groups in total. The fourth-order valence-electron chi connectivity index (χ4n) is 2.59. The summed E-state index contributed by atoms with van der Waals surface area (Å²) in [5.74, 6) is 0.121. The number of rotatable bonds is 4. The van der Waals surface area contributed by atoms with Crippen LogP contribution in [0.1, 0.15) is 37.0 Å². The number of amidine groups is 1. The third kappa shape index (κ3) is 2.64. The van der Waals surface area contributed by atoms with E-state index in [1.165, 1.54) is 5.56 Å². The molecule has 1 aromatic carbocycles. The normalized spacial score (nSPS) is 25.3. The lowest BCUT2D eigenvalue weighted by Crippen LogP contribution is -2.59. The van der Waals surface area contributed by atoms with Crippen molar-refractivity contribution in [2.75, 3.05) is 0 Å². The Hall–Kier alpha value is -1.59. The number of nitrogens with zero attached hydrogens (tertiary/aromatic N) is 1.